The summed E-state index contributed by atoms with van der Waals surface area (Å²) in [6.07, 6.45) is 0. The van der Waals surface area contributed by atoms with Crippen molar-refractivity contribution in [3.05, 3.63) is 48.5 Å². The molecule has 1 aromatic heterocycles. The summed E-state index contributed by atoms with van der Waals surface area (Å²) in [7, 11) is 0. The molecule has 2 aromatic carbocycles. The van der Waals surface area contributed by atoms with Crippen LogP contribution in [0.1, 0.15) is 0 Å². The zero-order chi connectivity index (χ0) is 12.1. The Bertz CT molecular complexity index is 555. The van der Waals surface area contributed by atoms with Gasteiger partial charge in [0.25, 0.3) is 0 Å². The number of aromatic nitrogens is 2. The van der Waals surface area contributed by atoms with Crippen LogP contribution >= 0.6 is 11.5 Å². The molecule has 0 aliphatic carbocycles. The molecule has 0 amide bonds. The topological polar surface area (TPSA) is 77.8 Å². The van der Waals surface area contributed by atoms with Crippen molar-refractivity contribution in [3.8, 4) is 0 Å². The van der Waals surface area contributed by atoms with E-state index in [1.54, 1.807) is 12.1 Å². The molecular formula is C12H12N4S. The second-order valence-electron chi connectivity index (χ2n) is 3.37. The quantitative estimate of drug-likeness (QED) is 0.596. The Balaban J connectivity index is 0.000000128. The van der Waals surface area contributed by atoms with Crippen LogP contribution in [0.2, 0.25) is 0 Å². The van der Waals surface area contributed by atoms with Crippen LogP contribution in [0.4, 0.5) is 11.4 Å². The summed E-state index contributed by atoms with van der Waals surface area (Å²) in [6, 6.07) is 15.2. The summed E-state index contributed by atoms with van der Waals surface area (Å²) in [5.41, 5.74) is 13.1. The Morgan fingerprint density at radius 2 is 1.41 bits per heavy atom. The predicted octanol–water partition coefficient (Wildman–Crippen LogP) is 2.54. The smallest absolute Gasteiger partial charge is 0.105 e. The zero-order valence-electron chi connectivity index (χ0n) is 9.08. The molecule has 0 aliphatic heterocycles. The second kappa shape index (κ2) is 5.27. The summed E-state index contributed by atoms with van der Waals surface area (Å²) in [5.74, 6) is 0. The first-order valence-electron chi connectivity index (χ1n) is 5.04. The first kappa shape index (κ1) is 11.3. The fraction of sp³-hybridized carbons (Fsp3) is 0. The Morgan fingerprint density at radius 1 is 0.824 bits per heavy atom. The first-order valence-corrected chi connectivity index (χ1v) is 5.82. The van der Waals surface area contributed by atoms with E-state index in [1.165, 1.54) is 11.5 Å². The highest BCUT2D eigenvalue weighted by molar-refractivity contribution is 7.12. The molecule has 0 saturated heterocycles. The molecule has 0 fully saturated rings. The predicted molar refractivity (Wildman–Crippen MR) is 72.7 cm³/mol. The molecule has 3 aromatic rings. The lowest BCUT2D eigenvalue weighted by atomic mass is 10.3. The number of hydrogen-bond acceptors (Lipinski definition) is 5. The van der Waals surface area contributed by atoms with Gasteiger partial charge >= 0.3 is 0 Å². The molecule has 1 heterocycles. The van der Waals surface area contributed by atoms with Gasteiger partial charge in [-0.3, -0.25) is 0 Å². The van der Waals surface area contributed by atoms with E-state index in [2.05, 4.69) is 9.59 Å². The van der Waals surface area contributed by atoms with Crippen molar-refractivity contribution >= 4 is 33.1 Å². The number of hydrogen-bond donors (Lipinski definition) is 2. The molecule has 0 radical (unpaired) electrons. The van der Waals surface area contributed by atoms with Gasteiger partial charge in [-0.25, -0.2) is 0 Å². The number of anilines is 2. The lowest BCUT2D eigenvalue weighted by molar-refractivity contribution is 1.20. The number of nitrogen functional groups attached to an aromatic ring is 2. The molecule has 3 rings (SSSR count). The molecular weight excluding hydrogens is 232 g/mol. The molecule has 0 bridgehead atoms. The third-order valence-electron chi connectivity index (χ3n) is 2.15. The average Bonchev–Trinajstić information content (AvgIpc) is 2.82. The first-order chi connectivity index (χ1) is 8.27. The minimum Gasteiger partial charge on any atom is -0.397 e. The third kappa shape index (κ3) is 2.92. The van der Waals surface area contributed by atoms with E-state index in [9.17, 15) is 0 Å². The molecule has 86 valence electrons. The van der Waals surface area contributed by atoms with Crippen molar-refractivity contribution in [2.75, 3.05) is 11.5 Å². The number of benzene rings is 2. The molecule has 5 heteroatoms. The normalized spacial score (nSPS) is 9.65. The van der Waals surface area contributed by atoms with Crippen molar-refractivity contribution < 1.29 is 0 Å². The highest BCUT2D eigenvalue weighted by atomic mass is 32.1. The Labute approximate surface area is 103 Å². The van der Waals surface area contributed by atoms with Crippen LogP contribution in [0, 0.1) is 0 Å². The number of nitrogens with zero attached hydrogens (tertiary/aromatic N) is 2. The summed E-state index contributed by atoms with van der Waals surface area (Å²) in [4.78, 5) is 0. The largest absolute Gasteiger partial charge is 0.397 e. The van der Waals surface area contributed by atoms with Crippen LogP contribution in [0.3, 0.4) is 0 Å². The van der Waals surface area contributed by atoms with Crippen LogP contribution in [-0.2, 0) is 0 Å². The van der Waals surface area contributed by atoms with Gasteiger partial charge in [0.1, 0.15) is 5.52 Å². The molecule has 0 spiro atoms. The van der Waals surface area contributed by atoms with Gasteiger partial charge in [0.15, 0.2) is 0 Å². The van der Waals surface area contributed by atoms with Crippen molar-refractivity contribution in [1.29, 1.82) is 0 Å². The molecule has 0 saturated carbocycles. The summed E-state index contributed by atoms with van der Waals surface area (Å²) in [5, 5.41) is 3.89. The molecule has 17 heavy (non-hydrogen) atoms. The standard InChI is InChI=1S/C6H4N2S.C6H8N2/c1-2-4-6-5(3-1)7-8-9-6;7-5-3-1-2-4-6(5)8/h1-4H;1-4H,7-8H2. The van der Waals surface area contributed by atoms with E-state index in [0.717, 1.165) is 10.2 Å². The third-order valence-corrected chi connectivity index (χ3v) is 2.85. The Kier molecular flexibility index (Phi) is 3.52. The van der Waals surface area contributed by atoms with Crippen LogP contribution in [-0.4, -0.2) is 9.59 Å². The molecule has 4 nitrogen and oxygen atoms in total. The van der Waals surface area contributed by atoms with Gasteiger partial charge in [-0.1, -0.05) is 28.8 Å². The number of nitrogens with two attached hydrogens (primary N) is 2. The maximum absolute atomic E-state index is 5.39. The van der Waals surface area contributed by atoms with Gasteiger partial charge in [-0.05, 0) is 35.8 Å². The van der Waals surface area contributed by atoms with Crippen molar-refractivity contribution in [2.24, 2.45) is 0 Å². The van der Waals surface area contributed by atoms with Crippen LogP contribution in [0.15, 0.2) is 48.5 Å². The van der Waals surface area contributed by atoms with E-state index in [0.29, 0.717) is 11.4 Å². The fourth-order valence-electron chi connectivity index (χ4n) is 1.24. The summed E-state index contributed by atoms with van der Waals surface area (Å²) < 4.78 is 4.94. The second-order valence-corrected chi connectivity index (χ2v) is 4.16. The van der Waals surface area contributed by atoms with Crippen LogP contribution < -0.4 is 11.5 Å². The number of para-hydroxylation sites is 2. The fourth-order valence-corrected chi connectivity index (χ4v) is 1.79. The van der Waals surface area contributed by atoms with Gasteiger partial charge < -0.3 is 11.5 Å². The highest BCUT2D eigenvalue weighted by Gasteiger charge is 1.91. The number of fused-ring (bicyclic) bond motifs is 1. The van der Waals surface area contributed by atoms with Crippen molar-refractivity contribution in [3.63, 3.8) is 0 Å². The van der Waals surface area contributed by atoms with E-state index < -0.39 is 0 Å². The molecule has 0 aliphatic rings. The highest BCUT2D eigenvalue weighted by Crippen LogP contribution is 2.12. The van der Waals surface area contributed by atoms with E-state index in [-0.39, 0.29) is 0 Å². The Hall–Kier alpha value is -2.14. The molecule has 0 unspecified atom stereocenters. The summed E-state index contributed by atoms with van der Waals surface area (Å²) >= 11 is 1.43. The average molecular weight is 244 g/mol. The summed E-state index contributed by atoms with van der Waals surface area (Å²) in [6.45, 7) is 0. The lowest BCUT2D eigenvalue weighted by Crippen LogP contribution is -1.91. The molecule has 0 atom stereocenters. The van der Waals surface area contributed by atoms with Gasteiger partial charge in [0.05, 0.1) is 16.1 Å². The van der Waals surface area contributed by atoms with E-state index in [1.807, 2.05) is 36.4 Å². The van der Waals surface area contributed by atoms with E-state index in [4.69, 9.17) is 11.5 Å². The van der Waals surface area contributed by atoms with Crippen molar-refractivity contribution in [1.82, 2.24) is 9.59 Å². The Morgan fingerprint density at radius 3 is 2.00 bits per heavy atom. The van der Waals surface area contributed by atoms with Crippen molar-refractivity contribution in [2.45, 2.75) is 0 Å². The SMILES string of the molecule is Nc1ccccc1N.c1ccc2snnc2c1. The molecule has 4 N–H and O–H groups in total. The maximum atomic E-state index is 5.39. The van der Waals surface area contributed by atoms with Crippen LogP contribution in [0.5, 0.6) is 0 Å². The van der Waals surface area contributed by atoms with Gasteiger partial charge in [0, 0.05) is 0 Å². The number of rotatable bonds is 0. The van der Waals surface area contributed by atoms with Gasteiger partial charge in [-0.15, -0.1) is 5.10 Å². The zero-order valence-corrected chi connectivity index (χ0v) is 9.89. The van der Waals surface area contributed by atoms with Gasteiger partial charge in [0.2, 0.25) is 0 Å². The monoisotopic (exact) mass is 244 g/mol. The lowest BCUT2D eigenvalue weighted by Gasteiger charge is -1.94. The van der Waals surface area contributed by atoms with Gasteiger partial charge in [-0.2, -0.15) is 0 Å². The maximum Gasteiger partial charge on any atom is 0.105 e. The van der Waals surface area contributed by atoms with Crippen LogP contribution in [0.25, 0.3) is 10.2 Å². The van der Waals surface area contributed by atoms with E-state index >= 15 is 0 Å². The minimum atomic E-state index is 0.646. The minimum absolute atomic E-state index is 0.646.